The standard InChI is InChI=1S/C24H31F3N6O5/c1-23(21(34)35)8-4-5-15(11-23)38-20-18(14-6-7-14)29-16(12-28-20)19-17(33(3)31-30-19)13-37-22(36)32(2)10-9-24(25,26)27/h12,14-15H,4-11,13H2,1-3H3,(H,34,35)/t15-,23-/m0/s1. The van der Waals surface area contributed by atoms with Gasteiger partial charge in [0.1, 0.15) is 35.5 Å². The van der Waals surface area contributed by atoms with E-state index >= 15 is 0 Å². The summed E-state index contributed by atoms with van der Waals surface area (Å²) >= 11 is 0. The van der Waals surface area contributed by atoms with Gasteiger partial charge in [0.25, 0.3) is 0 Å². The Kier molecular flexibility index (Phi) is 7.79. The zero-order valence-electron chi connectivity index (χ0n) is 21.5. The van der Waals surface area contributed by atoms with Gasteiger partial charge in [-0.05, 0) is 39.0 Å². The summed E-state index contributed by atoms with van der Waals surface area (Å²) < 4.78 is 50.2. The number of aliphatic carboxylic acids is 1. The molecule has 0 aliphatic heterocycles. The molecule has 38 heavy (non-hydrogen) atoms. The molecule has 2 aromatic heterocycles. The molecule has 0 saturated heterocycles. The highest BCUT2D eigenvalue weighted by Gasteiger charge is 2.40. The quantitative estimate of drug-likeness (QED) is 0.499. The molecule has 0 aromatic carbocycles. The third kappa shape index (κ3) is 6.51. The number of nitrogens with zero attached hydrogens (tertiary/aromatic N) is 6. The molecule has 4 rings (SSSR count). The first-order valence-corrected chi connectivity index (χ1v) is 12.5. The van der Waals surface area contributed by atoms with Crippen LogP contribution >= 0.6 is 0 Å². The van der Waals surface area contributed by atoms with Crippen LogP contribution in [-0.2, 0) is 23.2 Å². The summed E-state index contributed by atoms with van der Waals surface area (Å²) in [5.74, 6) is -0.303. The molecule has 0 bridgehead atoms. The maximum absolute atomic E-state index is 12.5. The van der Waals surface area contributed by atoms with Crippen molar-refractivity contribution >= 4 is 12.1 Å². The van der Waals surface area contributed by atoms with Gasteiger partial charge in [-0.1, -0.05) is 5.21 Å². The molecule has 2 heterocycles. The molecule has 11 nitrogen and oxygen atoms in total. The van der Waals surface area contributed by atoms with Crippen molar-refractivity contribution in [3.8, 4) is 17.3 Å². The number of ether oxygens (including phenoxy) is 2. The summed E-state index contributed by atoms with van der Waals surface area (Å²) in [6.07, 6.45) is -0.950. The second kappa shape index (κ2) is 10.7. The number of carbonyl (C=O) groups is 2. The maximum Gasteiger partial charge on any atom is 0.409 e. The lowest BCUT2D eigenvalue weighted by atomic mass is 9.74. The van der Waals surface area contributed by atoms with Gasteiger partial charge in [-0.15, -0.1) is 5.10 Å². The normalized spacial score (nSPS) is 21.7. The highest BCUT2D eigenvalue weighted by molar-refractivity contribution is 5.74. The largest absolute Gasteiger partial charge is 0.481 e. The molecule has 0 radical (unpaired) electrons. The Morgan fingerprint density at radius 2 is 2.03 bits per heavy atom. The number of hydrogen-bond donors (Lipinski definition) is 1. The van der Waals surface area contributed by atoms with Crippen LogP contribution in [0, 0.1) is 5.41 Å². The smallest absolute Gasteiger partial charge is 0.409 e. The highest BCUT2D eigenvalue weighted by Crippen LogP contribution is 2.44. The third-order valence-electron chi connectivity index (χ3n) is 7.02. The van der Waals surface area contributed by atoms with Crippen LogP contribution in [-0.4, -0.2) is 72.9 Å². The maximum atomic E-state index is 12.5. The number of halogens is 3. The molecule has 2 fully saturated rings. The van der Waals surface area contributed by atoms with Crippen LogP contribution in [0.1, 0.15) is 69.2 Å². The number of rotatable bonds is 9. The number of aryl methyl sites for hydroxylation is 1. The van der Waals surface area contributed by atoms with Crippen LogP contribution < -0.4 is 4.74 Å². The summed E-state index contributed by atoms with van der Waals surface area (Å²) in [5.41, 5.74) is 0.934. The van der Waals surface area contributed by atoms with E-state index in [4.69, 9.17) is 14.5 Å². The van der Waals surface area contributed by atoms with E-state index in [1.165, 1.54) is 17.9 Å². The fraction of sp³-hybridized carbons (Fsp3) is 0.667. The molecule has 208 valence electrons. The first-order valence-electron chi connectivity index (χ1n) is 12.5. The number of carbonyl (C=O) groups excluding carboxylic acids is 1. The molecule has 0 spiro atoms. The minimum absolute atomic E-state index is 0.159. The summed E-state index contributed by atoms with van der Waals surface area (Å²) in [4.78, 5) is 34.0. The lowest BCUT2D eigenvalue weighted by Crippen LogP contribution is -2.38. The Bertz CT molecular complexity index is 1180. The number of carboxylic acids is 1. The fourth-order valence-corrected chi connectivity index (χ4v) is 4.46. The van der Waals surface area contributed by atoms with E-state index in [2.05, 4.69) is 15.3 Å². The minimum atomic E-state index is -4.38. The van der Waals surface area contributed by atoms with Crippen LogP contribution in [0.15, 0.2) is 6.20 Å². The van der Waals surface area contributed by atoms with Gasteiger partial charge in [-0.2, -0.15) is 13.2 Å². The summed E-state index contributed by atoms with van der Waals surface area (Å²) in [6, 6.07) is 0. The van der Waals surface area contributed by atoms with E-state index in [9.17, 15) is 27.9 Å². The lowest BCUT2D eigenvalue weighted by molar-refractivity contribution is -0.151. The van der Waals surface area contributed by atoms with E-state index in [0.29, 0.717) is 41.5 Å². The highest BCUT2D eigenvalue weighted by atomic mass is 19.4. The number of hydrogen-bond acceptors (Lipinski definition) is 8. The van der Waals surface area contributed by atoms with Crippen LogP contribution in [0.2, 0.25) is 0 Å². The molecule has 1 N–H and O–H groups in total. The molecule has 0 unspecified atom stereocenters. The van der Waals surface area contributed by atoms with Crippen molar-refractivity contribution in [3.05, 3.63) is 17.6 Å². The van der Waals surface area contributed by atoms with Gasteiger partial charge in [0.15, 0.2) is 0 Å². The van der Waals surface area contributed by atoms with Crippen molar-refractivity contribution in [1.82, 2.24) is 29.9 Å². The zero-order chi connectivity index (χ0) is 27.7. The number of carboxylic acid groups (broad SMARTS) is 1. The van der Waals surface area contributed by atoms with Crippen LogP contribution in [0.3, 0.4) is 0 Å². The number of alkyl halides is 3. The zero-order valence-corrected chi connectivity index (χ0v) is 21.5. The van der Waals surface area contributed by atoms with Gasteiger partial charge in [-0.25, -0.2) is 19.4 Å². The topological polar surface area (TPSA) is 133 Å². The van der Waals surface area contributed by atoms with Gasteiger partial charge in [-0.3, -0.25) is 4.79 Å². The number of aromatic nitrogens is 5. The molecule has 1 amide bonds. The Hall–Kier alpha value is -3.45. The first kappa shape index (κ1) is 27.6. The van der Waals surface area contributed by atoms with Gasteiger partial charge < -0.3 is 19.5 Å². The molecule has 2 aliphatic carbocycles. The van der Waals surface area contributed by atoms with E-state index in [1.54, 1.807) is 14.0 Å². The van der Waals surface area contributed by atoms with Crippen molar-refractivity contribution in [2.45, 2.75) is 76.7 Å². The summed E-state index contributed by atoms with van der Waals surface area (Å²) in [6.45, 7) is 0.934. The first-order chi connectivity index (χ1) is 17.9. The Morgan fingerprint density at radius 1 is 1.29 bits per heavy atom. The summed E-state index contributed by atoms with van der Waals surface area (Å²) in [7, 11) is 2.83. The average Bonchev–Trinajstić information content (AvgIpc) is 3.63. The molecule has 14 heteroatoms. The van der Waals surface area contributed by atoms with E-state index < -0.39 is 36.6 Å². The Morgan fingerprint density at radius 3 is 2.68 bits per heavy atom. The van der Waals surface area contributed by atoms with Gasteiger partial charge in [0.05, 0.1) is 18.0 Å². The predicted octanol–water partition coefficient (Wildman–Crippen LogP) is 4.08. The Labute approximate surface area is 217 Å². The van der Waals surface area contributed by atoms with E-state index in [0.717, 1.165) is 30.6 Å². The molecular weight excluding hydrogens is 509 g/mol. The monoisotopic (exact) mass is 540 g/mol. The third-order valence-corrected chi connectivity index (χ3v) is 7.02. The van der Waals surface area contributed by atoms with Crippen LogP contribution in [0.5, 0.6) is 5.88 Å². The van der Waals surface area contributed by atoms with Crippen molar-refractivity contribution < 1.29 is 37.3 Å². The predicted molar refractivity (Wildman–Crippen MR) is 126 cm³/mol. The second-order valence-corrected chi connectivity index (χ2v) is 10.3. The van der Waals surface area contributed by atoms with Crippen LogP contribution in [0.4, 0.5) is 18.0 Å². The minimum Gasteiger partial charge on any atom is -0.481 e. The molecule has 2 atom stereocenters. The van der Waals surface area contributed by atoms with E-state index in [-0.39, 0.29) is 18.6 Å². The van der Waals surface area contributed by atoms with Gasteiger partial charge in [0.2, 0.25) is 5.88 Å². The van der Waals surface area contributed by atoms with Crippen molar-refractivity contribution in [1.29, 1.82) is 0 Å². The van der Waals surface area contributed by atoms with E-state index in [1.807, 2.05) is 0 Å². The van der Waals surface area contributed by atoms with Crippen LogP contribution in [0.25, 0.3) is 11.4 Å². The van der Waals surface area contributed by atoms with Crippen molar-refractivity contribution in [2.24, 2.45) is 12.5 Å². The molecule has 2 saturated carbocycles. The van der Waals surface area contributed by atoms with Crippen molar-refractivity contribution in [2.75, 3.05) is 13.6 Å². The van der Waals surface area contributed by atoms with Crippen molar-refractivity contribution in [3.63, 3.8) is 0 Å². The SMILES string of the molecule is CN(CCC(F)(F)F)C(=O)OCc1c(-c2cnc(O[C@H]3CCC[C@](C)(C(=O)O)C3)c(C3CC3)n2)nnn1C. The van der Waals surface area contributed by atoms with Gasteiger partial charge >= 0.3 is 18.2 Å². The molecule has 2 aromatic rings. The Balaban J connectivity index is 1.48. The number of amides is 1. The van der Waals surface area contributed by atoms with Gasteiger partial charge in [0, 0.05) is 33.0 Å². The average molecular weight is 541 g/mol. The summed E-state index contributed by atoms with van der Waals surface area (Å²) in [5, 5.41) is 17.7. The fourth-order valence-electron chi connectivity index (χ4n) is 4.46. The second-order valence-electron chi connectivity index (χ2n) is 10.3. The molecular formula is C24H31F3N6O5. The molecule has 2 aliphatic rings. The lowest BCUT2D eigenvalue weighted by Gasteiger charge is -2.34.